The third-order valence-corrected chi connectivity index (χ3v) is 4.03. The van der Waals surface area contributed by atoms with Crippen molar-refractivity contribution in [1.82, 2.24) is 19.7 Å². The Hall–Kier alpha value is -2.70. The number of rotatable bonds is 2. The first-order chi connectivity index (χ1) is 12.2. The maximum absolute atomic E-state index is 14.6. The van der Waals surface area contributed by atoms with Gasteiger partial charge in [0.1, 0.15) is 17.7 Å². The van der Waals surface area contributed by atoms with Crippen LogP contribution in [-0.4, -0.2) is 44.4 Å². The van der Waals surface area contributed by atoms with E-state index in [9.17, 15) is 9.18 Å². The van der Waals surface area contributed by atoms with Crippen molar-refractivity contribution in [2.75, 3.05) is 13.1 Å². The molecule has 0 unspecified atom stereocenters. The lowest BCUT2D eigenvalue weighted by Gasteiger charge is -2.29. The van der Waals surface area contributed by atoms with Crippen molar-refractivity contribution in [3.05, 3.63) is 42.0 Å². The van der Waals surface area contributed by atoms with Crippen LogP contribution in [0.5, 0.6) is 0 Å². The quantitative estimate of drug-likeness (QED) is 0.822. The van der Waals surface area contributed by atoms with Crippen LogP contribution in [0, 0.1) is 5.82 Å². The summed E-state index contributed by atoms with van der Waals surface area (Å²) >= 11 is 0. The van der Waals surface area contributed by atoms with Gasteiger partial charge in [0, 0.05) is 31.3 Å². The normalized spacial score (nSPS) is 15.0. The van der Waals surface area contributed by atoms with E-state index in [2.05, 4.69) is 10.1 Å². The van der Waals surface area contributed by atoms with Crippen molar-refractivity contribution >= 4 is 11.7 Å². The number of ether oxygens (including phenoxy) is 1. The minimum absolute atomic E-state index is 0.313. The molecule has 0 aliphatic carbocycles. The predicted molar refractivity (Wildman–Crippen MR) is 96.8 cm³/mol. The van der Waals surface area contributed by atoms with E-state index >= 15 is 0 Å². The molecule has 0 spiro atoms. The molecule has 1 aromatic carbocycles. The molecule has 7 heteroatoms. The largest absolute Gasteiger partial charge is 0.444 e. The molecular weight excluding hydrogens is 335 g/mol. The van der Waals surface area contributed by atoms with Gasteiger partial charge in [-0.3, -0.25) is 4.68 Å². The lowest BCUT2D eigenvalue weighted by atomic mass is 9.97. The van der Waals surface area contributed by atoms with Gasteiger partial charge in [0.2, 0.25) is 0 Å². The van der Waals surface area contributed by atoms with Gasteiger partial charge in [0.25, 0.3) is 0 Å². The Bertz CT molecular complexity index is 851. The van der Waals surface area contributed by atoms with Gasteiger partial charge in [-0.1, -0.05) is 18.2 Å². The van der Waals surface area contributed by atoms with E-state index in [1.165, 1.54) is 6.07 Å². The summed E-state index contributed by atoms with van der Waals surface area (Å²) in [6.45, 7) is 6.42. The highest BCUT2D eigenvalue weighted by molar-refractivity contribution is 5.74. The first kappa shape index (κ1) is 18.1. The molecule has 26 heavy (non-hydrogen) atoms. The van der Waals surface area contributed by atoms with Crippen molar-refractivity contribution < 1.29 is 13.9 Å². The molecule has 1 amide bonds. The molecular formula is C19H23FN4O2. The number of nitrogens with zero attached hydrogens (tertiary/aromatic N) is 4. The fraction of sp³-hybridized carbons (Fsp3) is 0.421. The summed E-state index contributed by atoms with van der Waals surface area (Å²) in [6.07, 6.45) is 3.70. The lowest BCUT2D eigenvalue weighted by Crippen LogP contribution is -2.39. The van der Waals surface area contributed by atoms with Gasteiger partial charge < -0.3 is 9.64 Å². The SMILES string of the molecule is Cn1cnc(-c2ccc(C3=CCN(C(=O)OC(C)(C)C)CC3)c(F)c2)n1. The zero-order chi connectivity index (χ0) is 18.9. The summed E-state index contributed by atoms with van der Waals surface area (Å²) in [6, 6.07) is 5.01. The van der Waals surface area contributed by atoms with Crippen molar-refractivity contribution in [3.8, 4) is 11.4 Å². The molecule has 0 saturated heterocycles. The minimum Gasteiger partial charge on any atom is -0.444 e. The van der Waals surface area contributed by atoms with Crippen molar-refractivity contribution in [3.63, 3.8) is 0 Å². The van der Waals surface area contributed by atoms with Gasteiger partial charge >= 0.3 is 6.09 Å². The molecule has 0 fully saturated rings. The van der Waals surface area contributed by atoms with Crippen LogP contribution in [0.25, 0.3) is 17.0 Å². The Morgan fingerprint density at radius 3 is 2.62 bits per heavy atom. The molecule has 2 heterocycles. The first-order valence-corrected chi connectivity index (χ1v) is 8.56. The van der Waals surface area contributed by atoms with E-state index in [4.69, 9.17) is 4.74 Å². The first-order valence-electron chi connectivity index (χ1n) is 8.56. The van der Waals surface area contributed by atoms with E-state index in [-0.39, 0.29) is 11.9 Å². The van der Waals surface area contributed by atoms with Crippen LogP contribution in [0.1, 0.15) is 32.8 Å². The summed E-state index contributed by atoms with van der Waals surface area (Å²) in [7, 11) is 1.77. The van der Waals surface area contributed by atoms with E-state index < -0.39 is 5.60 Å². The molecule has 0 saturated carbocycles. The molecule has 1 aliphatic rings. The number of hydrogen-bond donors (Lipinski definition) is 0. The number of amides is 1. The van der Waals surface area contributed by atoms with Crippen LogP contribution in [0.2, 0.25) is 0 Å². The molecule has 0 atom stereocenters. The number of aryl methyl sites for hydroxylation is 1. The average Bonchev–Trinajstić information content (AvgIpc) is 3.00. The van der Waals surface area contributed by atoms with Crippen LogP contribution < -0.4 is 0 Å². The Balaban J connectivity index is 1.73. The van der Waals surface area contributed by atoms with E-state index in [1.54, 1.807) is 29.0 Å². The summed E-state index contributed by atoms with van der Waals surface area (Å²) in [5, 5.41) is 4.19. The van der Waals surface area contributed by atoms with Gasteiger partial charge in [-0.25, -0.2) is 14.2 Å². The maximum Gasteiger partial charge on any atom is 0.410 e. The topological polar surface area (TPSA) is 60.2 Å². The second-order valence-electron chi connectivity index (χ2n) is 7.34. The third-order valence-electron chi connectivity index (χ3n) is 4.03. The Morgan fingerprint density at radius 2 is 2.08 bits per heavy atom. The Kier molecular flexibility index (Phi) is 4.80. The van der Waals surface area contributed by atoms with E-state index in [1.807, 2.05) is 32.9 Å². The molecule has 2 aromatic rings. The zero-order valence-corrected chi connectivity index (χ0v) is 15.5. The van der Waals surface area contributed by atoms with Gasteiger partial charge in [-0.15, -0.1) is 0 Å². The number of halogens is 1. The molecule has 1 aromatic heterocycles. The molecule has 138 valence electrons. The van der Waals surface area contributed by atoms with Gasteiger partial charge in [-0.2, -0.15) is 5.10 Å². The number of carbonyl (C=O) groups is 1. The highest BCUT2D eigenvalue weighted by atomic mass is 19.1. The van der Waals surface area contributed by atoms with Crippen LogP contribution in [-0.2, 0) is 11.8 Å². The number of carbonyl (C=O) groups excluding carboxylic acids is 1. The van der Waals surface area contributed by atoms with Crippen molar-refractivity contribution in [1.29, 1.82) is 0 Å². The molecule has 0 N–H and O–H groups in total. The molecule has 0 bridgehead atoms. The number of benzene rings is 1. The van der Waals surface area contributed by atoms with Gasteiger partial charge in [-0.05, 0) is 38.8 Å². The Labute approximate surface area is 152 Å². The summed E-state index contributed by atoms with van der Waals surface area (Å²) < 4.78 is 21.6. The molecule has 1 aliphatic heterocycles. The standard InChI is InChI=1S/C19H23FN4O2/c1-19(2,3)26-18(25)24-9-7-13(8-10-24)15-6-5-14(11-16(15)20)17-21-12-23(4)22-17/h5-7,11-12H,8-10H2,1-4H3. The van der Waals surface area contributed by atoms with Crippen LogP contribution in [0.4, 0.5) is 9.18 Å². The van der Waals surface area contributed by atoms with Crippen LogP contribution in [0.3, 0.4) is 0 Å². The highest BCUT2D eigenvalue weighted by Gasteiger charge is 2.24. The lowest BCUT2D eigenvalue weighted by molar-refractivity contribution is 0.0270. The van der Waals surface area contributed by atoms with Crippen molar-refractivity contribution in [2.24, 2.45) is 7.05 Å². The zero-order valence-electron chi connectivity index (χ0n) is 15.5. The second kappa shape index (κ2) is 6.90. The van der Waals surface area contributed by atoms with Crippen molar-refractivity contribution in [2.45, 2.75) is 32.8 Å². The smallest absolute Gasteiger partial charge is 0.410 e. The molecule has 0 radical (unpaired) electrons. The minimum atomic E-state index is -0.525. The van der Waals surface area contributed by atoms with E-state index in [0.29, 0.717) is 36.5 Å². The summed E-state index contributed by atoms with van der Waals surface area (Å²) in [5.74, 6) is 0.179. The molecule has 6 nitrogen and oxygen atoms in total. The summed E-state index contributed by atoms with van der Waals surface area (Å²) in [4.78, 5) is 17.9. The Morgan fingerprint density at radius 1 is 1.31 bits per heavy atom. The highest BCUT2D eigenvalue weighted by Crippen LogP contribution is 2.28. The molecule has 3 rings (SSSR count). The third kappa shape index (κ3) is 4.09. The predicted octanol–water partition coefficient (Wildman–Crippen LogP) is 3.65. The fourth-order valence-corrected chi connectivity index (χ4v) is 2.79. The monoisotopic (exact) mass is 358 g/mol. The number of hydrogen-bond acceptors (Lipinski definition) is 4. The summed E-state index contributed by atoms with van der Waals surface area (Å²) in [5.41, 5.74) is 1.55. The maximum atomic E-state index is 14.6. The fourth-order valence-electron chi connectivity index (χ4n) is 2.79. The number of aromatic nitrogens is 3. The average molecular weight is 358 g/mol. The van der Waals surface area contributed by atoms with Crippen LogP contribution in [0.15, 0.2) is 30.6 Å². The van der Waals surface area contributed by atoms with Gasteiger partial charge in [0.15, 0.2) is 5.82 Å². The second-order valence-corrected chi connectivity index (χ2v) is 7.34. The van der Waals surface area contributed by atoms with Gasteiger partial charge in [0.05, 0.1) is 0 Å². The van der Waals surface area contributed by atoms with E-state index in [0.717, 1.165) is 5.57 Å². The van der Waals surface area contributed by atoms with Crippen LogP contribution >= 0.6 is 0 Å².